The van der Waals surface area contributed by atoms with Gasteiger partial charge in [-0.2, -0.15) is 0 Å². The van der Waals surface area contributed by atoms with Gasteiger partial charge in [0.25, 0.3) is 0 Å². The van der Waals surface area contributed by atoms with E-state index in [2.05, 4.69) is 5.32 Å². The highest BCUT2D eigenvalue weighted by Crippen LogP contribution is 2.20. The van der Waals surface area contributed by atoms with Gasteiger partial charge in [0, 0.05) is 12.6 Å². The van der Waals surface area contributed by atoms with Gasteiger partial charge in [0.2, 0.25) is 21.8 Å². The summed E-state index contributed by atoms with van der Waals surface area (Å²) in [7, 11) is -3.72. The number of nitrogens with zero attached hydrogens (tertiary/aromatic N) is 2. The first-order valence-corrected chi connectivity index (χ1v) is 13.6. The van der Waals surface area contributed by atoms with Crippen molar-refractivity contribution >= 4 is 27.5 Å². The van der Waals surface area contributed by atoms with Crippen molar-refractivity contribution in [1.29, 1.82) is 0 Å². The number of sulfonamides is 1. The summed E-state index contributed by atoms with van der Waals surface area (Å²) in [5, 5.41) is 2.97. The maximum absolute atomic E-state index is 13.6. The molecule has 0 spiro atoms. The first-order chi connectivity index (χ1) is 16.1. The molecule has 0 fully saturated rings. The molecule has 8 heteroatoms. The molecule has 0 heterocycles. The zero-order valence-electron chi connectivity index (χ0n) is 20.8. The topological polar surface area (TPSA) is 86.8 Å². The zero-order chi connectivity index (χ0) is 25.3. The van der Waals surface area contributed by atoms with Gasteiger partial charge < -0.3 is 10.2 Å². The normalized spacial score (nSPS) is 13.1. The molecule has 0 aliphatic heterocycles. The summed E-state index contributed by atoms with van der Waals surface area (Å²) in [6, 6.07) is 16.0. The minimum Gasteiger partial charge on any atom is -0.352 e. The van der Waals surface area contributed by atoms with Crippen LogP contribution >= 0.6 is 0 Å². The van der Waals surface area contributed by atoms with Gasteiger partial charge in [-0.3, -0.25) is 13.9 Å². The number of hydrogen-bond donors (Lipinski definition) is 1. The van der Waals surface area contributed by atoms with E-state index >= 15 is 0 Å². The quantitative estimate of drug-likeness (QED) is 0.496. The molecule has 0 saturated heterocycles. The molecular formula is C26H37N3O4S. The minimum absolute atomic E-state index is 0.0209. The highest BCUT2D eigenvalue weighted by atomic mass is 32.2. The Kier molecular flexibility index (Phi) is 10.1. The predicted molar refractivity (Wildman–Crippen MR) is 137 cm³/mol. The van der Waals surface area contributed by atoms with Gasteiger partial charge in [-0.05, 0) is 56.4 Å². The van der Waals surface area contributed by atoms with E-state index < -0.39 is 22.0 Å². The summed E-state index contributed by atoms with van der Waals surface area (Å²) >= 11 is 0. The van der Waals surface area contributed by atoms with E-state index in [-0.39, 0.29) is 18.5 Å². The number of rotatable bonds is 12. The molecule has 7 nitrogen and oxygen atoms in total. The van der Waals surface area contributed by atoms with Crippen LogP contribution in [0.25, 0.3) is 0 Å². The van der Waals surface area contributed by atoms with Gasteiger partial charge in [-0.15, -0.1) is 0 Å². The van der Waals surface area contributed by atoms with Crippen LogP contribution in [0.4, 0.5) is 5.69 Å². The molecule has 186 valence electrons. The number of carbonyl (C=O) groups is 2. The fourth-order valence-corrected chi connectivity index (χ4v) is 4.58. The third-order valence-electron chi connectivity index (χ3n) is 5.84. The Balaban J connectivity index is 2.36. The van der Waals surface area contributed by atoms with Crippen LogP contribution in [-0.4, -0.2) is 56.6 Å². The predicted octanol–water partition coefficient (Wildman–Crippen LogP) is 3.53. The van der Waals surface area contributed by atoms with Gasteiger partial charge in [0.15, 0.2) is 0 Å². The van der Waals surface area contributed by atoms with Gasteiger partial charge in [0.05, 0.1) is 11.9 Å². The second-order valence-electron chi connectivity index (χ2n) is 8.67. The van der Waals surface area contributed by atoms with E-state index in [9.17, 15) is 18.0 Å². The third kappa shape index (κ3) is 7.87. The Morgan fingerprint density at radius 2 is 1.68 bits per heavy atom. The summed E-state index contributed by atoms with van der Waals surface area (Å²) in [6.07, 6.45) is 2.84. The Morgan fingerprint density at radius 3 is 2.24 bits per heavy atom. The monoisotopic (exact) mass is 487 g/mol. The van der Waals surface area contributed by atoms with E-state index in [1.54, 1.807) is 18.2 Å². The third-order valence-corrected chi connectivity index (χ3v) is 6.98. The van der Waals surface area contributed by atoms with Crippen molar-refractivity contribution < 1.29 is 18.0 Å². The molecule has 0 radical (unpaired) electrons. The second kappa shape index (κ2) is 12.6. The number of anilines is 1. The van der Waals surface area contributed by atoms with Crippen LogP contribution < -0.4 is 9.62 Å². The van der Waals surface area contributed by atoms with Crippen molar-refractivity contribution in [2.45, 2.75) is 59.0 Å². The molecule has 2 amide bonds. The maximum atomic E-state index is 13.6. The van der Waals surface area contributed by atoms with Crippen molar-refractivity contribution in [1.82, 2.24) is 10.2 Å². The van der Waals surface area contributed by atoms with Crippen LogP contribution in [0.5, 0.6) is 0 Å². The Labute approximate surface area is 204 Å². The first-order valence-electron chi connectivity index (χ1n) is 11.7. The Hall–Kier alpha value is -2.87. The second-order valence-corrected chi connectivity index (χ2v) is 10.6. The van der Waals surface area contributed by atoms with Crippen LogP contribution in [0.3, 0.4) is 0 Å². The lowest BCUT2D eigenvalue weighted by Crippen LogP contribution is -2.54. The molecule has 2 aromatic carbocycles. The molecule has 34 heavy (non-hydrogen) atoms. The van der Waals surface area contributed by atoms with Crippen molar-refractivity contribution in [3.05, 3.63) is 65.7 Å². The molecule has 0 aliphatic rings. The van der Waals surface area contributed by atoms with Crippen LogP contribution in [-0.2, 0) is 26.0 Å². The maximum Gasteiger partial charge on any atom is 0.244 e. The molecule has 2 atom stereocenters. The molecule has 0 aliphatic carbocycles. The highest BCUT2D eigenvalue weighted by molar-refractivity contribution is 7.92. The molecule has 0 saturated carbocycles. The average molecular weight is 488 g/mol. The highest BCUT2D eigenvalue weighted by Gasteiger charge is 2.31. The van der Waals surface area contributed by atoms with Crippen LogP contribution in [0, 0.1) is 6.92 Å². The lowest BCUT2D eigenvalue weighted by molar-refractivity contribution is -0.139. The smallest absolute Gasteiger partial charge is 0.244 e. The Morgan fingerprint density at radius 1 is 1.00 bits per heavy atom. The van der Waals surface area contributed by atoms with Crippen molar-refractivity contribution in [2.24, 2.45) is 0 Å². The van der Waals surface area contributed by atoms with E-state index in [1.807, 2.05) is 64.1 Å². The number of aryl methyl sites for hydroxylation is 1. The number of amides is 2. The SMILES string of the molecule is CC[C@H](C)NC(=O)[C@H](CC)N(CCc1ccccc1)C(=O)CN(c1cccc(C)c1)S(C)(=O)=O. The summed E-state index contributed by atoms with van der Waals surface area (Å²) in [5.41, 5.74) is 2.35. The van der Waals surface area contributed by atoms with Crippen molar-refractivity contribution in [3.63, 3.8) is 0 Å². The summed E-state index contributed by atoms with van der Waals surface area (Å²) in [5.74, 6) is -0.631. The van der Waals surface area contributed by atoms with E-state index in [0.29, 0.717) is 25.1 Å². The number of benzene rings is 2. The first kappa shape index (κ1) is 27.4. The van der Waals surface area contributed by atoms with E-state index in [0.717, 1.165) is 28.1 Å². The van der Waals surface area contributed by atoms with Gasteiger partial charge in [-0.1, -0.05) is 56.3 Å². The zero-order valence-corrected chi connectivity index (χ0v) is 21.6. The Bertz CT molecular complexity index is 1060. The number of hydrogen-bond acceptors (Lipinski definition) is 4. The van der Waals surface area contributed by atoms with E-state index in [4.69, 9.17) is 0 Å². The van der Waals surface area contributed by atoms with Gasteiger partial charge in [0.1, 0.15) is 12.6 Å². The number of nitrogens with one attached hydrogen (secondary N) is 1. The van der Waals surface area contributed by atoms with Crippen LogP contribution in [0.15, 0.2) is 54.6 Å². The van der Waals surface area contributed by atoms with E-state index in [1.165, 1.54) is 4.90 Å². The number of carbonyl (C=O) groups excluding carboxylic acids is 2. The largest absolute Gasteiger partial charge is 0.352 e. The van der Waals surface area contributed by atoms with Gasteiger partial charge >= 0.3 is 0 Å². The van der Waals surface area contributed by atoms with Crippen LogP contribution in [0.1, 0.15) is 44.7 Å². The minimum atomic E-state index is -3.72. The van der Waals surface area contributed by atoms with Crippen molar-refractivity contribution in [3.8, 4) is 0 Å². The standard InChI is InChI=1S/C26H37N3O4S/c1-6-21(4)27-26(31)24(7-2)28(17-16-22-13-9-8-10-14-22)25(30)19-29(34(5,32)33)23-15-11-12-20(3)18-23/h8-15,18,21,24H,6-7,16-17,19H2,1-5H3,(H,27,31)/t21-,24-/m0/s1. The summed E-state index contributed by atoms with van der Waals surface area (Å²) in [4.78, 5) is 28.2. The molecule has 2 rings (SSSR count). The summed E-state index contributed by atoms with van der Waals surface area (Å²) in [6.45, 7) is 7.56. The fourth-order valence-electron chi connectivity index (χ4n) is 3.73. The molecule has 0 unspecified atom stereocenters. The fraction of sp³-hybridized carbons (Fsp3) is 0.462. The molecule has 1 N–H and O–H groups in total. The molecule has 2 aromatic rings. The summed E-state index contributed by atoms with van der Waals surface area (Å²) < 4.78 is 26.3. The molecular weight excluding hydrogens is 450 g/mol. The molecule has 0 bridgehead atoms. The van der Waals surface area contributed by atoms with Crippen molar-refractivity contribution in [2.75, 3.05) is 23.7 Å². The van der Waals surface area contributed by atoms with Crippen LogP contribution in [0.2, 0.25) is 0 Å². The lowest BCUT2D eigenvalue weighted by atomic mass is 10.1. The van der Waals surface area contributed by atoms with Gasteiger partial charge in [-0.25, -0.2) is 8.42 Å². The molecule has 0 aromatic heterocycles. The lowest BCUT2D eigenvalue weighted by Gasteiger charge is -2.33. The average Bonchev–Trinajstić information content (AvgIpc) is 2.79.